The van der Waals surface area contributed by atoms with Crippen molar-refractivity contribution in [1.29, 1.82) is 0 Å². The number of ether oxygens (including phenoxy) is 2. The van der Waals surface area contributed by atoms with Crippen LogP contribution in [0.3, 0.4) is 0 Å². The van der Waals surface area contributed by atoms with Crippen LogP contribution in [0.2, 0.25) is 0 Å². The van der Waals surface area contributed by atoms with E-state index in [1.807, 2.05) is 30.3 Å². The predicted octanol–water partition coefficient (Wildman–Crippen LogP) is 4.55. The molecule has 5 rings (SSSR count). The molecular formula is C25H23N3O2. The predicted molar refractivity (Wildman–Crippen MR) is 120 cm³/mol. The third kappa shape index (κ3) is 3.67. The second kappa shape index (κ2) is 8.05. The molecule has 1 aliphatic rings. The number of nitrogen functional groups attached to an aromatic ring is 1. The van der Waals surface area contributed by atoms with Crippen molar-refractivity contribution >= 4 is 16.6 Å². The van der Waals surface area contributed by atoms with Gasteiger partial charge in [0.1, 0.15) is 5.82 Å². The minimum atomic E-state index is 0.306. The average molecular weight is 397 g/mol. The molecule has 0 fully saturated rings. The molecule has 0 spiro atoms. The Labute approximate surface area is 175 Å². The van der Waals surface area contributed by atoms with E-state index < -0.39 is 0 Å². The van der Waals surface area contributed by atoms with Gasteiger partial charge in [-0.3, -0.25) is 0 Å². The third-order valence-electron chi connectivity index (χ3n) is 5.40. The van der Waals surface area contributed by atoms with E-state index in [-0.39, 0.29) is 0 Å². The topological polar surface area (TPSA) is 69.4 Å². The molecule has 5 nitrogen and oxygen atoms in total. The SMILES string of the molecule is Nc1cccc(-c2ccc(CCNCc3ccc4c(c3)OCO4)c3ccccc23)n1. The Morgan fingerprint density at radius 3 is 2.63 bits per heavy atom. The van der Waals surface area contributed by atoms with Crippen molar-refractivity contribution in [2.24, 2.45) is 0 Å². The highest BCUT2D eigenvalue weighted by Crippen LogP contribution is 2.33. The lowest BCUT2D eigenvalue weighted by molar-refractivity contribution is 0.174. The maximum absolute atomic E-state index is 5.89. The van der Waals surface area contributed by atoms with E-state index in [4.69, 9.17) is 15.2 Å². The third-order valence-corrected chi connectivity index (χ3v) is 5.40. The minimum absolute atomic E-state index is 0.306. The van der Waals surface area contributed by atoms with Gasteiger partial charge in [-0.1, -0.05) is 48.5 Å². The molecule has 30 heavy (non-hydrogen) atoms. The first-order chi connectivity index (χ1) is 14.8. The van der Waals surface area contributed by atoms with E-state index in [1.54, 1.807) is 0 Å². The van der Waals surface area contributed by atoms with E-state index in [1.165, 1.54) is 21.9 Å². The highest BCUT2D eigenvalue weighted by molar-refractivity contribution is 5.97. The monoisotopic (exact) mass is 397 g/mol. The molecule has 3 aromatic carbocycles. The average Bonchev–Trinajstić information content (AvgIpc) is 3.24. The molecule has 0 amide bonds. The quantitative estimate of drug-likeness (QED) is 0.467. The van der Waals surface area contributed by atoms with Gasteiger partial charge < -0.3 is 20.5 Å². The van der Waals surface area contributed by atoms with Crippen LogP contribution in [0.4, 0.5) is 5.82 Å². The molecule has 5 heteroatoms. The number of aromatic nitrogens is 1. The summed E-state index contributed by atoms with van der Waals surface area (Å²) in [7, 11) is 0. The van der Waals surface area contributed by atoms with E-state index >= 15 is 0 Å². The summed E-state index contributed by atoms with van der Waals surface area (Å²) in [4.78, 5) is 4.50. The second-order valence-electron chi connectivity index (χ2n) is 7.38. The van der Waals surface area contributed by atoms with E-state index in [0.29, 0.717) is 12.6 Å². The number of rotatable bonds is 6. The standard InChI is InChI=1S/C25H23N3O2/c26-25-7-3-6-22(28-25)21-10-9-18(19-4-1-2-5-20(19)21)12-13-27-15-17-8-11-23-24(14-17)30-16-29-23/h1-11,14,27H,12-13,15-16H2,(H2,26,28). The molecule has 0 aliphatic carbocycles. The summed E-state index contributed by atoms with van der Waals surface area (Å²) >= 11 is 0. The largest absolute Gasteiger partial charge is 0.454 e. The van der Waals surface area contributed by atoms with Gasteiger partial charge in [0.2, 0.25) is 6.79 Å². The van der Waals surface area contributed by atoms with Gasteiger partial charge in [-0.25, -0.2) is 4.98 Å². The summed E-state index contributed by atoms with van der Waals surface area (Å²) in [5, 5.41) is 5.99. The molecule has 0 saturated carbocycles. The molecule has 0 bridgehead atoms. The highest BCUT2D eigenvalue weighted by Gasteiger charge is 2.13. The zero-order valence-electron chi connectivity index (χ0n) is 16.6. The molecule has 2 heterocycles. The van der Waals surface area contributed by atoms with Gasteiger partial charge in [0.05, 0.1) is 5.69 Å². The molecule has 0 unspecified atom stereocenters. The van der Waals surface area contributed by atoms with Crippen LogP contribution in [0, 0.1) is 0 Å². The molecule has 150 valence electrons. The summed E-state index contributed by atoms with van der Waals surface area (Å²) in [5.41, 5.74) is 10.4. The summed E-state index contributed by atoms with van der Waals surface area (Å²) in [5.74, 6) is 2.18. The van der Waals surface area contributed by atoms with E-state index in [2.05, 4.69) is 52.8 Å². The second-order valence-corrected chi connectivity index (χ2v) is 7.38. The van der Waals surface area contributed by atoms with Crippen LogP contribution in [0.1, 0.15) is 11.1 Å². The van der Waals surface area contributed by atoms with Crippen molar-refractivity contribution in [3.05, 3.63) is 83.9 Å². The zero-order valence-corrected chi connectivity index (χ0v) is 16.6. The smallest absolute Gasteiger partial charge is 0.231 e. The normalized spacial score (nSPS) is 12.4. The number of nitrogens with zero attached hydrogens (tertiary/aromatic N) is 1. The Bertz CT molecular complexity index is 1210. The molecule has 1 aliphatic heterocycles. The van der Waals surface area contributed by atoms with Crippen molar-refractivity contribution in [2.45, 2.75) is 13.0 Å². The Hall–Kier alpha value is -3.57. The first kappa shape index (κ1) is 18.5. The number of pyridine rings is 1. The van der Waals surface area contributed by atoms with Gasteiger partial charge in [-0.05, 0) is 59.1 Å². The van der Waals surface area contributed by atoms with Crippen LogP contribution in [0.25, 0.3) is 22.0 Å². The Balaban J connectivity index is 1.31. The summed E-state index contributed by atoms with van der Waals surface area (Å²) in [6.07, 6.45) is 0.940. The zero-order chi connectivity index (χ0) is 20.3. The van der Waals surface area contributed by atoms with Crippen LogP contribution < -0.4 is 20.5 Å². The Morgan fingerprint density at radius 2 is 1.73 bits per heavy atom. The Morgan fingerprint density at radius 1 is 0.867 bits per heavy atom. The van der Waals surface area contributed by atoms with Gasteiger partial charge in [0, 0.05) is 12.1 Å². The highest BCUT2D eigenvalue weighted by atomic mass is 16.7. The van der Waals surface area contributed by atoms with Crippen LogP contribution in [-0.2, 0) is 13.0 Å². The summed E-state index contributed by atoms with van der Waals surface area (Å²) in [6, 6.07) is 24.7. The molecule has 0 atom stereocenters. The number of hydrogen-bond donors (Lipinski definition) is 2. The summed E-state index contributed by atoms with van der Waals surface area (Å²) in [6.45, 7) is 1.98. The Kier molecular flexibility index (Phi) is 4.95. The van der Waals surface area contributed by atoms with Gasteiger partial charge in [-0.15, -0.1) is 0 Å². The molecule has 4 aromatic rings. The number of hydrogen-bond acceptors (Lipinski definition) is 5. The number of fused-ring (bicyclic) bond motifs is 2. The maximum atomic E-state index is 5.89. The van der Waals surface area contributed by atoms with Crippen molar-refractivity contribution in [2.75, 3.05) is 19.1 Å². The lowest BCUT2D eigenvalue weighted by Gasteiger charge is -2.12. The molecular weight excluding hydrogens is 374 g/mol. The lowest BCUT2D eigenvalue weighted by atomic mass is 9.96. The lowest BCUT2D eigenvalue weighted by Crippen LogP contribution is -2.16. The molecule has 0 saturated heterocycles. The van der Waals surface area contributed by atoms with Gasteiger partial charge >= 0.3 is 0 Å². The van der Waals surface area contributed by atoms with Crippen LogP contribution in [0.5, 0.6) is 11.5 Å². The first-order valence-corrected chi connectivity index (χ1v) is 10.1. The molecule has 0 radical (unpaired) electrons. The molecule has 1 aromatic heterocycles. The number of nitrogens with two attached hydrogens (primary N) is 1. The number of benzene rings is 3. The molecule has 3 N–H and O–H groups in total. The van der Waals surface area contributed by atoms with Gasteiger partial charge in [-0.2, -0.15) is 0 Å². The fraction of sp³-hybridized carbons (Fsp3) is 0.160. The fourth-order valence-electron chi connectivity index (χ4n) is 3.91. The van der Waals surface area contributed by atoms with Crippen LogP contribution >= 0.6 is 0 Å². The van der Waals surface area contributed by atoms with Crippen molar-refractivity contribution < 1.29 is 9.47 Å². The van der Waals surface area contributed by atoms with E-state index in [0.717, 1.165) is 42.3 Å². The maximum Gasteiger partial charge on any atom is 0.231 e. The van der Waals surface area contributed by atoms with Crippen LogP contribution in [0.15, 0.2) is 72.8 Å². The van der Waals surface area contributed by atoms with E-state index in [9.17, 15) is 0 Å². The minimum Gasteiger partial charge on any atom is -0.454 e. The number of anilines is 1. The summed E-state index contributed by atoms with van der Waals surface area (Å²) < 4.78 is 10.8. The fourth-order valence-corrected chi connectivity index (χ4v) is 3.91. The number of nitrogens with one attached hydrogen (secondary N) is 1. The van der Waals surface area contributed by atoms with Gasteiger partial charge in [0.15, 0.2) is 11.5 Å². The first-order valence-electron chi connectivity index (χ1n) is 10.1. The van der Waals surface area contributed by atoms with Crippen molar-refractivity contribution in [3.63, 3.8) is 0 Å². The van der Waals surface area contributed by atoms with Crippen LogP contribution in [-0.4, -0.2) is 18.3 Å². The van der Waals surface area contributed by atoms with Gasteiger partial charge in [0.25, 0.3) is 0 Å². The van der Waals surface area contributed by atoms with Crippen molar-refractivity contribution in [3.8, 4) is 22.8 Å². The van der Waals surface area contributed by atoms with Crippen molar-refractivity contribution in [1.82, 2.24) is 10.3 Å².